The number of ether oxygens (including phenoxy) is 1. The van der Waals surface area contributed by atoms with Crippen LogP contribution in [-0.2, 0) is 27.9 Å². The number of nitrogens with zero attached hydrogens (tertiary/aromatic N) is 1. The van der Waals surface area contributed by atoms with Gasteiger partial charge in [0.05, 0.1) is 33.8 Å². The Hall–Kier alpha value is -2.81. The molecule has 3 unspecified atom stereocenters. The molecule has 0 bridgehead atoms. The molecule has 10 heteroatoms. The predicted octanol–water partition coefficient (Wildman–Crippen LogP) is 19.0. The van der Waals surface area contributed by atoms with Gasteiger partial charge >= 0.3 is 13.8 Å². The lowest BCUT2D eigenvalue weighted by atomic mass is 10.1. The summed E-state index contributed by atoms with van der Waals surface area (Å²) in [5.41, 5.74) is 0. The molecule has 0 heterocycles. The molecule has 0 rings (SSSR count). The third kappa shape index (κ3) is 55.7. The third-order valence-electron chi connectivity index (χ3n) is 13.3. The lowest BCUT2D eigenvalue weighted by Crippen LogP contribution is -2.47. The zero-order valence-electron chi connectivity index (χ0n) is 49.5. The fourth-order valence-corrected chi connectivity index (χ4v) is 9.22. The molecule has 0 aliphatic heterocycles. The Balaban J connectivity index is 5.28. The molecule has 9 nitrogen and oxygen atoms in total. The molecule has 0 saturated heterocycles. The molecule has 0 aliphatic carbocycles. The van der Waals surface area contributed by atoms with Crippen LogP contribution in [0.1, 0.15) is 265 Å². The molecule has 0 aromatic carbocycles. The largest absolute Gasteiger partial charge is 0.472 e. The van der Waals surface area contributed by atoms with Crippen LogP contribution in [0.3, 0.4) is 0 Å². The normalized spacial score (nSPS) is 14.3. The standard InChI is InChI=1S/C65H117N2O7P/c1-7-10-13-16-19-22-25-27-29-31-32-33-34-36-38-40-43-46-49-52-55-58-65(69)74-63(56-53-50-47-44-41-24-21-18-15-12-9-3)62(61-73-75(70,71)72-60-59-67(4,5)6)66-64(68)57-54-51-48-45-42-39-37-35-30-28-26-23-20-17-14-11-8-2/h19-20,22-23,27-30,32-33,36,38,53,56,62-63H,7-18,21,24-26,31,34-35,37,39-52,54-55,57-61H2,1-6H3,(H-,66,68,70,71)/p+1/b22-19-,23-20-,29-27-,30-28-,33-32-,38-36-,56-53+. The van der Waals surface area contributed by atoms with E-state index in [0.29, 0.717) is 23.9 Å². The van der Waals surface area contributed by atoms with E-state index in [4.69, 9.17) is 13.8 Å². The Bertz CT molecular complexity index is 1560. The van der Waals surface area contributed by atoms with E-state index in [1.165, 1.54) is 116 Å². The highest BCUT2D eigenvalue weighted by atomic mass is 31.2. The minimum absolute atomic E-state index is 0.0318. The molecule has 0 radical (unpaired) electrons. The van der Waals surface area contributed by atoms with Crippen LogP contribution in [0.5, 0.6) is 0 Å². The van der Waals surface area contributed by atoms with E-state index in [1.54, 1.807) is 0 Å². The van der Waals surface area contributed by atoms with Crippen LogP contribution in [0.2, 0.25) is 0 Å². The van der Waals surface area contributed by atoms with E-state index in [9.17, 15) is 19.0 Å². The quantitative estimate of drug-likeness (QED) is 0.0205. The molecule has 434 valence electrons. The first-order valence-electron chi connectivity index (χ1n) is 30.9. The highest BCUT2D eigenvalue weighted by Crippen LogP contribution is 2.43. The molecule has 0 aromatic rings. The molecule has 1 amide bonds. The van der Waals surface area contributed by atoms with Crippen molar-refractivity contribution in [3.8, 4) is 0 Å². The van der Waals surface area contributed by atoms with E-state index in [2.05, 4.69) is 99.0 Å². The van der Waals surface area contributed by atoms with Gasteiger partial charge in [0, 0.05) is 12.8 Å². The van der Waals surface area contributed by atoms with E-state index in [0.717, 1.165) is 109 Å². The van der Waals surface area contributed by atoms with Gasteiger partial charge in [0.1, 0.15) is 19.3 Å². The number of hydrogen-bond acceptors (Lipinski definition) is 6. The van der Waals surface area contributed by atoms with Crippen molar-refractivity contribution in [2.24, 2.45) is 0 Å². The molecule has 0 spiro atoms. The van der Waals surface area contributed by atoms with Crippen molar-refractivity contribution in [1.82, 2.24) is 5.32 Å². The van der Waals surface area contributed by atoms with Crippen LogP contribution < -0.4 is 5.32 Å². The zero-order chi connectivity index (χ0) is 55.0. The number of phosphoric ester groups is 1. The van der Waals surface area contributed by atoms with E-state index >= 15 is 0 Å². The number of carbonyl (C=O) groups excluding carboxylic acids is 2. The van der Waals surface area contributed by atoms with Gasteiger partial charge in [-0.25, -0.2) is 4.57 Å². The van der Waals surface area contributed by atoms with Crippen molar-refractivity contribution in [3.63, 3.8) is 0 Å². The number of nitrogens with one attached hydrogen (secondary N) is 1. The second-order valence-corrected chi connectivity index (χ2v) is 23.3. The van der Waals surface area contributed by atoms with Gasteiger partial charge in [-0.05, 0) is 109 Å². The van der Waals surface area contributed by atoms with Crippen molar-refractivity contribution >= 4 is 19.7 Å². The minimum Gasteiger partial charge on any atom is -0.456 e. The fourth-order valence-electron chi connectivity index (χ4n) is 8.48. The zero-order valence-corrected chi connectivity index (χ0v) is 50.4. The van der Waals surface area contributed by atoms with E-state index < -0.39 is 20.0 Å². The number of unbranched alkanes of at least 4 members (excludes halogenated alkanes) is 27. The summed E-state index contributed by atoms with van der Waals surface area (Å²) in [6, 6.07) is -0.864. The summed E-state index contributed by atoms with van der Waals surface area (Å²) in [5.74, 6) is -0.537. The molecule has 0 aromatic heterocycles. The van der Waals surface area contributed by atoms with E-state index in [-0.39, 0.29) is 31.5 Å². The van der Waals surface area contributed by atoms with E-state index in [1.807, 2.05) is 33.3 Å². The van der Waals surface area contributed by atoms with Gasteiger partial charge < -0.3 is 19.4 Å². The van der Waals surface area contributed by atoms with Crippen molar-refractivity contribution in [1.29, 1.82) is 0 Å². The van der Waals surface area contributed by atoms with Crippen molar-refractivity contribution < 1.29 is 37.3 Å². The fraction of sp³-hybridized carbons (Fsp3) is 0.754. The molecule has 75 heavy (non-hydrogen) atoms. The van der Waals surface area contributed by atoms with Crippen LogP contribution in [0, 0.1) is 0 Å². The number of rotatable bonds is 55. The lowest BCUT2D eigenvalue weighted by Gasteiger charge is -2.27. The maximum absolute atomic E-state index is 13.5. The summed E-state index contributed by atoms with van der Waals surface area (Å²) < 4.78 is 30.7. The summed E-state index contributed by atoms with van der Waals surface area (Å²) in [5, 5.41) is 3.04. The number of allylic oxidation sites excluding steroid dienone is 13. The van der Waals surface area contributed by atoms with Crippen LogP contribution in [0.25, 0.3) is 0 Å². The SMILES string of the molecule is CCCCC/C=C\C/C=C\C/C=C\C/C=C\CCCCCCCC(=O)OC(/C=C/CCCCCCCCCCC)C(COP(=O)(O)OCC[N+](C)(C)C)NC(=O)CCCCCCCCC/C=C\C/C=C\CCCCC. The minimum atomic E-state index is -4.46. The first kappa shape index (κ1) is 72.2. The van der Waals surface area contributed by atoms with Gasteiger partial charge in [-0.1, -0.05) is 228 Å². The number of hydrogen-bond donors (Lipinski definition) is 2. The second kappa shape index (κ2) is 54.5. The summed E-state index contributed by atoms with van der Waals surface area (Å²) in [4.78, 5) is 37.7. The van der Waals surface area contributed by atoms with Crippen LogP contribution in [-0.4, -0.2) is 74.3 Å². The number of likely N-dealkylation sites (N-methyl/N-ethyl adjacent to an activating group) is 1. The number of carbonyl (C=O) groups is 2. The van der Waals surface area contributed by atoms with Crippen LogP contribution in [0.4, 0.5) is 0 Å². The van der Waals surface area contributed by atoms with Crippen molar-refractivity contribution in [2.75, 3.05) is 40.9 Å². The Morgan fingerprint density at radius 3 is 1.24 bits per heavy atom. The summed E-state index contributed by atoms with van der Waals surface area (Å²) >= 11 is 0. The molecule has 3 atom stereocenters. The van der Waals surface area contributed by atoms with Gasteiger partial charge in [0.25, 0.3) is 0 Å². The van der Waals surface area contributed by atoms with Gasteiger partial charge in [0.15, 0.2) is 0 Å². The second-order valence-electron chi connectivity index (χ2n) is 21.9. The van der Waals surface area contributed by atoms with Gasteiger partial charge in [-0.2, -0.15) is 0 Å². The predicted molar refractivity (Wildman–Crippen MR) is 323 cm³/mol. The third-order valence-corrected chi connectivity index (χ3v) is 14.3. The Labute approximate surface area is 463 Å². The first-order chi connectivity index (χ1) is 36.4. The maximum atomic E-state index is 13.5. The topological polar surface area (TPSA) is 111 Å². The lowest BCUT2D eigenvalue weighted by molar-refractivity contribution is -0.870. The highest BCUT2D eigenvalue weighted by Gasteiger charge is 2.30. The first-order valence-corrected chi connectivity index (χ1v) is 32.4. The summed E-state index contributed by atoms with van der Waals surface area (Å²) in [6.07, 6.45) is 71.4. The average Bonchev–Trinajstić information content (AvgIpc) is 3.37. The highest BCUT2D eigenvalue weighted by molar-refractivity contribution is 7.47. The van der Waals surface area contributed by atoms with Crippen LogP contribution in [0.15, 0.2) is 85.1 Å². The molecular weight excluding hydrogens is 952 g/mol. The Morgan fingerprint density at radius 2 is 0.813 bits per heavy atom. The van der Waals surface area contributed by atoms with Crippen LogP contribution >= 0.6 is 7.82 Å². The van der Waals surface area contributed by atoms with Crippen molar-refractivity contribution in [2.45, 2.75) is 277 Å². The smallest absolute Gasteiger partial charge is 0.456 e. The molecule has 0 fully saturated rings. The average molecular weight is 1070 g/mol. The van der Waals surface area contributed by atoms with Gasteiger partial charge in [-0.3, -0.25) is 18.6 Å². The molecule has 0 saturated carbocycles. The van der Waals surface area contributed by atoms with Gasteiger partial charge in [-0.15, -0.1) is 0 Å². The monoisotopic (exact) mass is 1070 g/mol. The Morgan fingerprint density at radius 1 is 0.467 bits per heavy atom. The maximum Gasteiger partial charge on any atom is 0.472 e. The molecular formula is C65H118N2O7P+. The summed E-state index contributed by atoms with van der Waals surface area (Å²) in [7, 11) is 1.47. The molecule has 2 N–H and O–H groups in total. The number of esters is 1. The van der Waals surface area contributed by atoms with Crippen molar-refractivity contribution in [3.05, 3.63) is 85.1 Å². The summed E-state index contributed by atoms with van der Waals surface area (Å²) in [6.45, 7) is 6.93. The number of quaternary nitrogens is 1. The van der Waals surface area contributed by atoms with Gasteiger partial charge in [0.2, 0.25) is 5.91 Å². The molecule has 0 aliphatic rings. The Kier molecular flexibility index (Phi) is 52.5. The number of amides is 1. The number of phosphoric acid groups is 1.